The molecule has 19 heavy (non-hydrogen) atoms. The van der Waals surface area contributed by atoms with E-state index in [4.69, 9.17) is 11.6 Å². The second-order valence-electron chi connectivity index (χ2n) is 4.52. The maximum absolute atomic E-state index is 11.9. The monoisotopic (exact) mass is 285 g/mol. The van der Waals surface area contributed by atoms with E-state index in [1.54, 1.807) is 0 Å². The number of carbonyl (C=O) groups excluding carboxylic acids is 1. The summed E-state index contributed by atoms with van der Waals surface area (Å²) in [5.41, 5.74) is -1.57. The summed E-state index contributed by atoms with van der Waals surface area (Å²) in [6.45, 7) is 0.0724. The molecule has 0 atom stereocenters. The Kier molecular flexibility index (Phi) is 3.68. The van der Waals surface area contributed by atoms with Crippen molar-refractivity contribution in [2.75, 3.05) is 6.54 Å². The first-order valence-corrected chi connectivity index (χ1v) is 6.10. The average Bonchev–Trinajstić information content (AvgIpc) is 2.32. The second-order valence-corrected chi connectivity index (χ2v) is 4.87. The van der Waals surface area contributed by atoms with Crippen LogP contribution in [0, 0.1) is 10.1 Å². The van der Waals surface area contributed by atoms with Gasteiger partial charge in [0, 0.05) is 12.7 Å². The normalized spacial score (nSPS) is 16.5. The highest BCUT2D eigenvalue weighted by Crippen LogP contribution is 2.31. The lowest BCUT2D eigenvalue weighted by Gasteiger charge is -2.36. The van der Waals surface area contributed by atoms with E-state index in [1.165, 1.54) is 12.3 Å². The third kappa shape index (κ3) is 2.82. The molecule has 0 aliphatic heterocycles. The molecule has 1 aliphatic rings. The standard InChI is InChI=1S/C11H12ClN3O4/c12-9-8(15(18)19)7(2-5-13-9)10(16)14-6-11(17)3-1-4-11/h2,5,17H,1,3-4,6H2,(H,14,16). The molecule has 0 spiro atoms. The number of rotatable bonds is 4. The Morgan fingerprint density at radius 1 is 1.63 bits per heavy atom. The van der Waals surface area contributed by atoms with Gasteiger partial charge < -0.3 is 10.4 Å². The number of aromatic nitrogens is 1. The molecule has 1 heterocycles. The Hall–Kier alpha value is -1.73. The molecule has 0 bridgehead atoms. The molecule has 0 radical (unpaired) electrons. The fraction of sp³-hybridized carbons (Fsp3) is 0.455. The highest BCUT2D eigenvalue weighted by atomic mass is 35.5. The molecule has 2 N–H and O–H groups in total. The van der Waals surface area contributed by atoms with E-state index in [-0.39, 0.29) is 17.3 Å². The van der Waals surface area contributed by atoms with Gasteiger partial charge in [-0.1, -0.05) is 11.6 Å². The van der Waals surface area contributed by atoms with Crippen LogP contribution < -0.4 is 5.32 Å². The van der Waals surface area contributed by atoms with Crippen molar-refractivity contribution >= 4 is 23.2 Å². The van der Waals surface area contributed by atoms with Crippen LogP contribution in [0.3, 0.4) is 0 Å². The lowest BCUT2D eigenvalue weighted by molar-refractivity contribution is -0.385. The summed E-state index contributed by atoms with van der Waals surface area (Å²) in [6.07, 6.45) is 3.37. The summed E-state index contributed by atoms with van der Waals surface area (Å²) in [5, 5.41) is 22.9. The van der Waals surface area contributed by atoms with Gasteiger partial charge in [0.05, 0.1) is 10.5 Å². The molecule has 0 aromatic carbocycles. The molecule has 1 aromatic heterocycles. The van der Waals surface area contributed by atoms with Crippen molar-refractivity contribution in [3.8, 4) is 0 Å². The lowest BCUT2D eigenvalue weighted by atomic mass is 9.80. The molecule has 7 nitrogen and oxygen atoms in total. The lowest BCUT2D eigenvalue weighted by Crippen LogP contribution is -2.47. The zero-order chi connectivity index (χ0) is 14.0. The maximum atomic E-state index is 11.9. The van der Waals surface area contributed by atoms with Crippen molar-refractivity contribution < 1.29 is 14.8 Å². The number of hydrogen-bond donors (Lipinski definition) is 2. The largest absolute Gasteiger partial charge is 0.388 e. The van der Waals surface area contributed by atoms with Gasteiger partial charge in [-0.05, 0) is 25.3 Å². The fourth-order valence-electron chi connectivity index (χ4n) is 1.89. The van der Waals surface area contributed by atoms with E-state index in [0.717, 1.165) is 6.42 Å². The molecule has 1 saturated carbocycles. The molecular formula is C11H12ClN3O4. The van der Waals surface area contributed by atoms with Crippen molar-refractivity contribution in [1.29, 1.82) is 0 Å². The molecule has 8 heteroatoms. The van der Waals surface area contributed by atoms with Crippen molar-refractivity contribution in [3.63, 3.8) is 0 Å². The minimum absolute atomic E-state index is 0.0724. The average molecular weight is 286 g/mol. The molecule has 102 valence electrons. The Balaban J connectivity index is 2.14. The third-order valence-corrected chi connectivity index (χ3v) is 3.45. The molecule has 0 saturated heterocycles. The minimum atomic E-state index is -0.888. The van der Waals surface area contributed by atoms with E-state index >= 15 is 0 Å². The van der Waals surface area contributed by atoms with E-state index in [0.29, 0.717) is 12.8 Å². The van der Waals surface area contributed by atoms with Crippen LogP contribution >= 0.6 is 11.6 Å². The first-order chi connectivity index (χ1) is 8.93. The molecular weight excluding hydrogens is 274 g/mol. The Bertz CT molecular complexity index is 531. The zero-order valence-electron chi connectivity index (χ0n) is 9.93. The van der Waals surface area contributed by atoms with Gasteiger partial charge in [-0.25, -0.2) is 4.98 Å². The SMILES string of the molecule is O=C(NCC1(O)CCC1)c1ccnc(Cl)c1[N+](=O)[O-]. The predicted octanol–water partition coefficient (Wildman–Crippen LogP) is 1.29. The van der Waals surface area contributed by atoms with Gasteiger partial charge in [0.1, 0.15) is 5.56 Å². The van der Waals surface area contributed by atoms with Gasteiger partial charge in [-0.3, -0.25) is 14.9 Å². The molecule has 1 aliphatic carbocycles. The molecule has 1 amide bonds. The summed E-state index contributed by atoms with van der Waals surface area (Å²) in [4.78, 5) is 25.6. The molecule has 2 rings (SSSR count). The predicted molar refractivity (Wildman–Crippen MR) is 67.0 cm³/mol. The zero-order valence-corrected chi connectivity index (χ0v) is 10.7. The number of nitrogens with one attached hydrogen (secondary N) is 1. The van der Waals surface area contributed by atoms with Crippen LogP contribution in [0.1, 0.15) is 29.6 Å². The topological polar surface area (TPSA) is 105 Å². The molecule has 1 aromatic rings. The number of carbonyl (C=O) groups is 1. The van der Waals surface area contributed by atoms with E-state index in [1.807, 2.05) is 0 Å². The van der Waals surface area contributed by atoms with Gasteiger partial charge in [0.15, 0.2) is 0 Å². The molecule has 1 fully saturated rings. The van der Waals surface area contributed by atoms with Crippen LogP contribution in [0.4, 0.5) is 5.69 Å². The third-order valence-electron chi connectivity index (χ3n) is 3.17. The quantitative estimate of drug-likeness (QED) is 0.492. The molecule has 0 unspecified atom stereocenters. The van der Waals surface area contributed by atoms with Gasteiger partial charge in [-0.15, -0.1) is 0 Å². The smallest absolute Gasteiger partial charge is 0.319 e. The van der Waals surface area contributed by atoms with Crippen LogP contribution in [0.25, 0.3) is 0 Å². The summed E-state index contributed by atoms with van der Waals surface area (Å²) in [7, 11) is 0. The number of amides is 1. The fourth-order valence-corrected chi connectivity index (χ4v) is 2.11. The van der Waals surface area contributed by atoms with Crippen molar-refractivity contribution in [2.45, 2.75) is 24.9 Å². The number of halogens is 1. The number of aliphatic hydroxyl groups is 1. The van der Waals surface area contributed by atoms with Crippen LogP contribution in [-0.4, -0.2) is 33.1 Å². The summed E-state index contributed by atoms with van der Waals surface area (Å²) < 4.78 is 0. The maximum Gasteiger partial charge on any atom is 0.319 e. The number of nitrogens with zero attached hydrogens (tertiary/aromatic N) is 2. The van der Waals surface area contributed by atoms with Gasteiger partial charge in [-0.2, -0.15) is 0 Å². The van der Waals surface area contributed by atoms with Crippen molar-refractivity contribution in [2.24, 2.45) is 0 Å². The highest BCUT2D eigenvalue weighted by molar-refractivity contribution is 6.32. The van der Waals surface area contributed by atoms with Crippen LogP contribution in [0.2, 0.25) is 5.15 Å². The number of hydrogen-bond acceptors (Lipinski definition) is 5. The Morgan fingerprint density at radius 3 is 2.84 bits per heavy atom. The van der Waals surface area contributed by atoms with E-state index in [2.05, 4.69) is 10.3 Å². The summed E-state index contributed by atoms with van der Waals surface area (Å²) in [6, 6.07) is 1.23. The van der Waals surface area contributed by atoms with Crippen molar-refractivity contribution in [3.05, 3.63) is 33.1 Å². The van der Waals surface area contributed by atoms with Crippen molar-refractivity contribution in [1.82, 2.24) is 10.3 Å². The number of nitro groups is 1. The first-order valence-electron chi connectivity index (χ1n) is 5.72. The van der Waals surface area contributed by atoms with Crippen LogP contribution in [-0.2, 0) is 0 Å². The van der Waals surface area contributed by atoms with Gasteiger partial charge in [0.2, 0.25) is 5.15 Å². The van der Waals surface area contributed by atoms with E-state index < -0.39 is 22.1 Å². The van der Waals surface area contributed by atoms with Crippen LogP contribution in [0.15, 0.2) is 12.3 Å². The Morgan fingerprint density at radius 2 is 2.32 bits per heavy atom. The van der Waals surface area contributed by atoms with E-state index in [9.17, 15) is 20.0 Å². The van der Waals surface area contributed by atoms with Gasteiger partial charge >= 0.3 is 5.69 Å². The first kappa shape index (κ1) is 13.7. The van der Waals surface area contributed by atoms with Crippen LogP contribution in [0.5, 0.6) is 0 Å². The Labute approximate surface area is 113 Å². The van der Waals surface area contributed by atoms with Gasteiger partial charge in [0.25, 0.3) is 5.91 Å². The number of pyridine rings is 1. The second kappa shape index (κ2) is 5.10. The highest BCUT2D eigenvalue weighted by Gasteiger charge is 2.35. The summed E-state index contributed by atoms with van der Waals surface area (Å²) in [5.74, 6) is -0.642. The summed E-state index contributed by atoms with van der Waals surface area (Å²) >= 11 is 5.61. The minimum Gasteiger partial charge on any atom is -0.388 e.